The van der Waals surface area contributed by atoms with Gasteiger partial charge in [0.15, 0.2) is 6.29 Å². The zero-order valence-corrected chi connectivity index (χ0v) is 26.4. The first-order valence-corrected chi connectivity index (χ1v) is 17.2. The highest BCUT2D eigenvalue weighted by Crippen LogP contribution is 2.43. The van der Waals surface area contributed by atoms with E-state index in [1.807, 2.05) is 84.9 Å². The molecule has 0 bridgehead atoms. The Morgan fingerprint density at radius 1 is 0.867 bits per heavy atom. The van der Waals surface area contributed by atoms with Crippen molar-refractivity contribution in [1.29, 1.82) is 0 Å². The number of aliphatic hydroxyl groups excluding tert-OH is 1. The number of pyridine rings is 1. The molecular weight excluding hydrogens is 607 g/mol. The molecule has 1 aromatic heterocycles. The van der Waals surface area contributed by atoms with Gasteiger partial charge in [-0.15, -0.1) is 11.8 Å². The standard InChI is InChI=1S/C35H35N3O5S2/c1-23-30(22-44-31-9-3-2-8-29(31)36)42-35(43-34(23)27-15-13-25(21-39)14-16-27)28-17-11-24(12-18-28)20-38-45(40,41)32-10-4-6-26-7-5-19-37-33(26)32/h2-19,23,30,34-35,38-39H,20-22,36H2,1H3/t23-,30+,34+,35?/m0/s1. The largest absolute Gasteiger partial charge is 0.398 e. The Bertz CT molecular complexity index is 1860. The third-order valence-electron chi connectivity index (χ3n) is 8.05. The number of nitrogens with zero attached hydrogens (tertiary/aromatic N) is 1. The number of benzene rings is 4. The molecule has 4 aromatic carbocycles. The molecule has 1 aliphatic heterocycles. The third kappa shape index (κ3) is 7.06. The summed E-state index contributed by atoms with van der Waals surface area (Å²) in [6.45, 7) is 2.22. The van der Waals surface area contributed by atoms with Crippen LogP contribution in [-0.2, 0) is 32.6 Å². The van der Waals surface area contributed by atoms with Crippen LogP contribution >= 0.6 is 11.8 Å². The molecule has 45 heavy (non-hydrogen) atoms. The van der Waals surface area contributed by atoms with Gasteiger partial charge in [0.1, 0.15) is 4.90 Å². The number of para-hydroxylation sites is 2. The molecule has 5 aromatic rings. The lowest BCUT2D eigenvalue weighted by Crippen LogP contribution is -2.38. The van der Waals surface area contributed by atoms with Gasteiger partial charge in [-0.3, -0.25) is 4.98 Å². The summed E-state index contributed by atoms with van der Waals surface area (Å²) in [7, 11) is -3.79. The van der Waals surface area contributed by atoms with E-state index in [-0.39, 0.29) is 36.2 Å². The monoisotopic (exact) mass is 641 g/mol. The summed E-state index contributed by atoms with van der Waals surface area (Å²) in [5.74, 6) is 0.722. The van der Waals surface area contributed by atoms with Crippen LogP contribution in [-0.4, -0.2) is 30.4 Å². The van der Waals surface area contributed by atoms with Crippen LogP contribution in [0.1, 0.15) is 41.6 Å². The van der Waals surface area contributed by atoms with Crippen molar-refractivity contribution in [2.75, 3.05) is 11.5 Å². The molecule has 1 fully saturated rings. The molecule has 1 unspecified atom stereocenters. The van der Waals surface area contributed by atoms with E-state index in [2.05, 4.69) is 16.6 Å². The number of anilines is 1. The number of aliphatic hydroxyl groups is 1. The van der Waals surface area contributed by atoms with Gasteiger partial charge in [0.2, 0.25) is 10.0 Å². The fraction of sp³-hybridized carbons (Fsp3) is 0.229. The minimum absolute atomic E-state index is 0.0216. The fourth-order valence-electron chi connectivity index (χ4n) is 5.44. The number of nitrogen functional groups attached to an aromatic ring is 1. The van der Waals surface area contributed by atoms with Crippen LogP contribution in [0.25, 0.3) is 10.9 Å². The van der Waals surface area contributed by atoms with Crippen molar-refractivity contribution in [3.63, 3.8) is 0 Å². The van der Waals surface area contributed by atoms with Crippen LogP contribution in [0.15, 0.2) is 119 Å². The lowest BCUT2D eigenvalue weighted by Gasteiger charge is -2.41. The summed E-state index contributed by atoms with van der Waals surface area (Å²) < 4.78 is 42.2. The van der Waals surface area contributed by atoms with Gasteiger partial charge in [0.25, 0.3) is 0 Å². The summed E-state index contributed by atoms with van der Waals surface area (Å²) >= 11 is 1.66. The van der Waals surface area contributed by atoms with Gasteiger partial charge in [-0.1, -0.05) is 85.8 Å². The van der Waals surface area contributed by atoms with E-state index in [4.69, 9.17) is 15.2 Å². The average molecular weight is 642 g/mol. The first kappa shape index (κ1) is 31.2. The molecule has 4 atom stereocenters. The van der Waals surface area contributed by atoms with Gasteiger partial charge in [-0.05, 0) is 41.0 Å². The Morgan fingerprint density at radius 2 is 1.58 bits per heavy atom. The quantitative estimate of drug-likeness (QED) is 0.119. The molecule has 2 heterocycles. The molecule has 8 nitrogen and oxygen atoms in total. The first-order valence-electron chi connectivity index (χ1n) is 14.7. The molecule has 232 valence electrons. The second kappa shape index (κ2) is 13.7. The average Bonchev–Trinajstić information content (AvgIpc) is 3.07. The maximum atomic E-state index is 13.2. The summed E-state index contributed by atoms with van der Waals surface area (Å²) in [5, 5.41) is 10.3. The zero-order valence-electron chi connectivity index (χ0n) is 24.7. The Hall–Kier alpha value is -3.77. The number of hydrogen-bond donors (Lipinski definition) is 3. The van der Waals surface area contributed by atoms with Crippen molar-refractivity contribution < 1.29 is 23.0 Å². The van der Waals surface area contributed by atoms with E-state index < -0.39 is 16.3 Å². The lowest BCUT2D eigenvalue weighted by molar-refractivity contribution is -0.268. The van der Waals surface area contributed by atoms with Crippen molar-refractivity contribution in [3.05, 3.63) is 132 Å². The number of rotatable bonds is 10. The number of hydrogen-bond acceptors (Lipinski definition) is 8. The summed E-state index contributed by atoms with van der Waals surface area (Å²) in [5.41, 5.74) is 10.8. The molecule has 0 radical (unpaired) electrons. The lowest BCUT2D eigenvalue weighted by atomic mass is 9.91. The smallest absolute Gasteiger partial charge is 0.243 e. The Labute approximate surface area is 267 Å². The van der Waals surface area contributed by atoms with Gasteiger partial charge < -0.3 is 20.3 Å². The molecule has 10 heteroatoms. The molecule has 4 N–H and O–H groups in total. The molecular formula is C35H35N3O5S2. The molecule has 1 aliphatic rings. The molecule has 0 aliphatic carbocycles. The topological polar surface area (TPSA) is 124 Å². The second-order valence-corrected chi connectivity index (χ2v) is 13.9. The van der Waals surface area contributed by atoms with Crippen LogP contribution in [0.5, 0.6) is 0 Å². The third-order valence-corrected chi connectivity index (χ3v) is 10.7. The van der Waals surface area contributed by atoms with E-state index in [9.17, 15) is 13.5 Å². The van der Waals surface area contributed by atoms with Gasteiger partial charge in [-0.25, -0.2) is 13.1 Å². The Kier molecular flexibility index (Phi) is 9.50. The SMILES string of the molecule is C[C@H]1[C@@H](CSc2ccccc2N)OC(c2ccc(CNS(=O)(=O)c3cccc4cccnc34)cc2)O[C@H]1c1ccc(CO)cc1. The minimum Gasteiger partial charge on any atom is -0.398 e. The highest BCUT2D eigenvalue weighted by Gasteiger charge is 2.38. The van der Waals surface area contributed by atoms with E-state index in [0.29, 0.717) is 11.3 Å². The number of nitrogens with two attached hydrogens (primary N) is 1. The zero-order chi connectivity index (χ0) is 31.4. The normalized spacial score (nSPS) is 20.3. The summed E-state index contributed by atoms with van der Waals surface area (Å²) in [6, 6.07) is 31.9. The van der Waals surface area contributed by atoms with Crippen molar-refractivity contribution in [1.82, 2.24) is 9.71 Å². The molecule has 0 spiro atoms. The van der Waals surface area contributed by atoms with Crippen LogP contribution in [0.3, 0.4) is 0 Å². The fourth-order valence-corrected chi connectivity index (χ4v) is 7.77. The van der Waals surface area contributed by atoms with Crippen LogP contribution in [0.4, 0.5) is 5.69 Å². The number of fused-ring (bicyclic) bond motifs is 1. The van der Waals surface area contributed by atoms with E-state index in [0.717, 1.165) is 38.2 Å². The number of ether oxygens (including phenoxy) is 2. The van der Waals surface area contributed by atoms with E-state index in [1.165, 1.54) is 0 Å². The highest BCUT2D eigenvalue weighted by atomic mass is 32.2. The van der Waals surface area contributed by atoms with E-state index in [1.54, 1.807) is 36.2 Å². The predicted octanol–water partition coefficient (Wildman–Crippen LogP) is 6.37. The van der Waals surface area contributed by atoms with Crippen LogP contribution < -0.4 is 10.5 Å². The number of nitrogens with one attached hydrogen (secondary N) is 1. The number of thioether (sulfide) groups is 1. The number of aromatic nitrogens is 1. The maximum Gasteiger partial charge on any atom is 0.243 e. The van der Waals surface area contributed by atoms with Crippen LogP contribution in [0, 0.1) is 5.92 Å². The van der Waals surface area contributed by atoms with Crippen molar-refractivity contribution in [2.24, 2.45) is 5.92 Å². The molecule has 0 saturated carbocycles. The molecule has 0 amide bonds. The predicted molar refractivity (Wildman–Crippen MR) is 177 cm³/mol. The Balaban J connectivity index is 1.19. The maximum absolute atomic E-state index is 13.2. The molecule has 6 rings (SSSR count). The Morgan fingerprint density at radius 3 is 2.33 bits per heavy atom. The van der Waals surface area contributed by atoms with Crippen molar-refractivity contribution in [3.8, 4) is 0 Å². The van der Waals surface area contributed by atoms with Crippen LogP contribution in [0.2, 0.25) is 0 Å². The van der Waals surface area contributed by atoms with E-state index >= 15 is 0 Å². The van der Waals surface area contributed by atoms with Gasteiger partial charge in [-0.2, -0.15) is 0 Å². The summed E-state index contributed by atoms with van der Waals surface area (Å²) in [6.07, 6.45) is 0.577. The second-order valence-electron chi connectivity index (χ2n) is 11.1. The van der Waals surface area contributed by atoms with Gasteiger partial charge in [0.05, 0.1) is 24.3 Å². The number of sulfonamides is 1. The van der Waals surface area contributed by atoms with Gasteiger partial charge >= 0.3 is 0 Å². The highest BCUT2D eigenvalue weighted by molar-refractivity contribution is 7.99. The minimum atomic E-state index is -3.79. The first-order chi connectivity index (χ1) is 21.8. The summed E-state index contributed by atoms with van der Waals surface area (Å²) in [4.78, 5) is 5.44. The van der Waals surface area contributed by atoms with Gasteiger partial charge in [0, 0.05) is 45.9 Å². The molecule has 1 saturated heterocycles. The van der Waals surface area contributed by atoms with Crippen molar-refractivity contribution >= 4 is 38.4 Å². The van der Waals surface area contributed by atoms with Crippen molar-refractivity contribution in [2.45, 2.75) is 48.4 Å².